The number of benzene rings is 2. The van der Waals surface area contributed by atoms with E-state index in [2.05, 4.69) is 39.5 Å². The lowest BCUT2D eigenvalue weighted by molar-refractivity contribution is -0.113. The van der Waals surface area contributed by atoms with Crippen LogP contribution in [-0.4, -0.2) is 28.1 Å². The van der Waals surface area contributed by atoms with E-state index < -0.39 is 0 Å². The minimum Gasteiger partial charge on any atom is -0.301 e. The third kappa shape index (κ3) is 4.97. The van der Waals surface area contributed by atoms with E-state index in [1.54, 1.807) is 23.1 Å². The Balaban J connectivity index is 1.32. The summed E-state index contributed by atoms with van der Waals surface area (Å²) in [6, 6.07) is 20.5. The van der Waals surface area contributed by atoms with Crippen molar-refractivity contribution in [2.24, 2.45) is 0 Å². The van der Waals surface area contributed by atoms with Gasteiger partial charge in [-0.1, -0.05) is 48.5 Å². The molecule has 1 N–H and O–H groups in total. The molecule has 0 bridgehead atoms. The van der Waals surface area contributed by atoms with Crippen LogP contribution in [0, 0.1) is 0 Å². The first-order valence-electron chi connectivity index (χ1n) is 8.99. The minimum atomic E-state index is -0.00362. The summed E-state index contributed by atoms with van der Waals surface area (Å²) in [5.74, 6) is 0.394. The highest BCUT2D eigenvalue weighted by Gasteiger charge is 2.21. The molecule has 0 saturated carbocycles. The summed E-state index contributed by atoms with van der Waals surface area (Å²) in [4.78, 5) is 21.7. The molecule has 2 aromatic carbocycles. The van der Waals surface area contributed by atoms with Gasteiger partial charge in [0.15, 0.2) is 5.13 Å². The number of nitrogens with one attached hydrogen (secondary N) is 1. The van der Waals surface area contributed by atoms with Gasteiger partial charge in [0.25, 0.3) is 0 Å². The highest BCUT2D eigenvalue weighted by atomic mass is 32.2. The van der Waals surface area contributed by atoms with Crippen LogP contribution < -0.4 is 5.32 Å². The molecule has 27 heavy (non-hydrogen) atoms. The van der Waals surface area contributed by atoms with Crippen molar-refractivity contribution < 1.29 is 4.79 Å². The summed E-state index contributed by atoms with van der Waals surface area (Å²) >= 11 is 3.15. The number of rotatable bonds is 6. The molecule has 0 spiro atoms. The molecule has 0 aliphatic carbocycles. The van der Waals surface area contributed by atoms with E-state index >= 15 is 0 Å². The Hall–Kier alpha value is -2.15. The van der Waals surface area contributed by atoms with E-state index in [0.29, 0.717) is 5.75 Å². The number of hydrogen-bond donors (Lipinski definition) is 1. The fourth-order valence-corrected chi connectivity index (χ4v) is 4.89. The molecule has 6 heteroatoms. The largest absolute Gasteiger partial charge is 0.301 e. The van der Waals surface area contributed by atoms with E-state index in [4.69, 9.17) is 0 Å². The highest BCUT2D eigenvalue weighted by Crippen LogP contribution is 2.29. The topological polar surface area (TPSA) is 45.2 Å². The van der Waals surface area contributed by atoms with E-state index in [1.165, 1.54) is 10.4 Å². The van der Waals surface area contributed by atoms with Gasteiger partial charge in [0.1, 0.15) is 0 Å². The highest BCUT2D eigenvalue weighted by molar-refractivity contribution is 8.00. The summed E-state index contributed by atoms with van der Waals surface area (Å²) in [5.41, 5.74) is 2.47. The van der Waals surface area contributed by atoms with Crippen LogP contribution in [0.15, 0.2) is 65.6 Å². The van der Waals surface area contributed by atoms with Crippen LogP contribution in [0.5, 0.6) is 0 Å². The Bertz CT molecular complexity index is 896. The predicted molar refractivity (Wildman–Crippen MR) is 112 cm³/mol. The summed E-state index contributed by atoms with van der Waals surface area (Å²) < 4.78 is 0. The molecule has 0 unspecified atom stereocenters. The van der Waals surface area contributed by atoms with Gasteiger partial charge in [-0.2, -0.15) is 0 Å². The Labute approximate surface area is 167 Å². The second-order valence-electron chi connectivity index (χ2n) is 6.49. The van der Waals surface area contributed by atoms with Crippen LogP contribution in [0.4, 0.5) is 5.13 Å². The maximum atomic E-state index is 12.2. The van der Waals surface area contributed by atoms with Gasteiger partial charge >= 0.3 is 0 Å². The van der Waals surface area contributed by atoms with Crippen LogP contribution >= 0.6 is 23.1 Å². The molecule has 138 valence electrons. The Morgan fingerprint density at radius 1 is 1.11 bits per heavy atom. The van der Waals surface area contributed by atoms with Crippen molar-refractivity contribution >= 4 is 34.1 Å². The first-order chi connectivity index (χ1) is 13.3. The van der Waals surface area contributed by atoms with Crippen LogP contribution in [-0.2, 0) is 24.3 Å². The monoisotopic (exact) mass is 395 g/mol. The van der Waals surface area contributed by atoms with Crippen LogP contribution in [0.2, 0.25) is 0 Å². The zero-order valence-corrected chi connectivity index (χ0v) is 16.6. The van der Waals surface area contributed by atoms with Crippen molar-refractivity contribution in [1.82, 2.24) is 9.88 Å². The maximum Gasteiger partial charge on any atom is 0.236 e. The zero-order chi connectivity index (χ0) is 18.5. The normalized spacial score (nSPS) is 13.9. The number of aromatic nitrogens is 1. The number of carbonyl (C=O) groups excluding carboxylic acids is 1. The lowest BCUT2D eigenvalue weighted by Crippen LogP contribution is -2.29. The number of fused-ring (bicyclic) bond motifs is 1. The van der Waals surface area contributed by atoms with Crippen LogP contribution in [0.3, 0.4) is 0 Å². The van der Waals surface area contributed by atoms with Crippen molar-refractivity contribution in [3.63, 3.8) is 0 Å². The van der Waals surface area contributed by atoms with Crippen molar-refractivity contribution in [2.45, 2.75) is 24.4 Å². The number of amides is 1. The maximum absolute atomic E-state index is 12.2. The van der Waals surface area contributed by atoms with Gasteiger partial charge in [-0.05, 0) is 17.7 Å². The number of nitrogens with zero attached hydrogens (tertiary/aromatic N) is 2. The lowest BCUT2D eigenvalue weighted by atomic mass is 10.1. The molecule has 4 rings (SSSR count). The van der Waals surface area contributed by atoms with Gasteiger partial charge in [-0.3, -0.25) is 9.69 Å². The average molecular weight is 396 g/mol. The van der Waals surface area contributed by atoms with Gasteiger partial charge < -0.3 is 5.32 Å². The molecule has 0 atom stereocenters. The molecular weight excluding hydrogens is 374 g/mol. The molecule has 1 aliphatic rings. The van der Waals surface area contributed by atoms with Gasteiger partial charge in [-0.25, -0.2) is 4.98 Å². The van der Waals surface area contributed by atoms with Crippen LogP contribution in [0.25, 0.3) is 0 Å². The fourth-order valence-electron chi connectivity index (χ4n) is 3.10. The van der Waals surface area contributed by atoms with Gasteiger partial charge in [0.2, 0.25) is 5.91 Å². The molecule has 1 aromatic heterocycles. The smallest absolute Gasteiger partial charge is 0.236 e. The van der Waals surface area contributed by atoms with E-state index in [1.807, 2.05) is 36.4 Å². The SMILES string of the molecule is O=C(CSc1ccccc1)Nc1nc2c(s1)CN(Cc1ccccc1)CC2. The Morgan fingerprint density at radius 3 is 2.63 bits per heavy atom. The summed E-state index contributed by atoms with van der Waals surface area (Å²) in [6.07, 6.45) is 0.938. The van der Waals surface area contributed by atoms with Gasteiger partial charge in [0, 0.05) is 35.8 Å². The van der Waals surface area contributed by atoms with E-state index in [9.17, 15) is 4.79 Å². The molecule has 0 radical (unpaired) electrons. The Kier molecular flexibility index (Phi) is 5.87. The molecular formula is C21H21N3OS2. The number of thioether (sulfide) groups is 1. The first-order valence-corrected chi connectivity index (χ1v) is 10.8. The van der Waals surface area contributed by atoms with Crippen molar-refractivity contribution in [1.29, 1.82) is 0 Å². The third-order valence-electron chi connectivity index (χ3n) is 4.42. The van der Waals surface area contributed by atoms with Gasteiger partial charge in [-0.15, -0.1) is 23.1 Å². The number of anilines is 1. The number of carbonyl (C=O) groups is 1. The molecule has 1 amide bonds. The van der Waals surface area contributed by atoms with Gasteiger partial charge in [0.05, 0.1) is 11.4 Å². The lowest BCUT2D eigenvalue weighted by Gasteiger charge is -2.25. The van der Waals surface area contributed by atoms with Crippen LogP contribution in [0.1, 0.15) is 16.1 Å². The standard InChI is InChI=1S/C21H21N3OS2/c25-20(15-26-17-9-5-2-6-10-17)23-21-22-18-11-12-24(14-19(18)27-21)13-16-7-3-1-4-8-16/h1-10H,11-15H2,(H,22,23,25). The second kappa shape index (κ2) is 8.69. The molecule has 3 aromatic rings. The zero-order valence-electron chi connectivity index (χ0n) is 14.9. The Morgan fingerprint density at radius 2 is 1.85 bits per heavy atom. The predicted octanol–water partition coefficient (Wildman–Crippen LogP) is 4.43. The molecule has 2 heterocycles. The number of thiazole rings is 1. The quantitative estimate of drug-likeness (QED) is 0.627. The first kappa shape index (κ1) is 18.2. The summed E-state index contributed by atoms with van der Waals surface area (Å²) in [5, 5.41) is 3.69. The third-order valence-corrected chi connectivity index (χ3v) is 6.43. The summed E-state index contributed by atoms with van der Waals surface area (Å²) in [6.45, 7) is 2.85. The molecule has 1 aliphatic heterocycles. The molecule has 0 fully saturated rings. The summed E-state index contributed by atoms with van der Waals surface area (Å²) in [7, 11) is 0. The molecule has 0 saturated heterocycles. The fraction of sp³-hybridized carbons (Fsp3) is 0.238. The minimum absolute atomic E-state index is 0.00362. The van der Waals surface area contributed by atoms with Crippen molar-refractivity contribution in [2.75, 3.05) is 17.6 Å². The average Bonchev–Trinajstić information content (AvgIpc) is 3.09. The molecule has 4 nitrogen and oxygen atoms in total. The van der Waals surface area contributed by atoms with E-state index in [-0.39, 0.29) is 5.91 Å². The second-order valence-corrected chi connectivity index (χ2v) is 8.62. The number of hydrogen-bond acceptors (Lipinski definition) is 5. The van der Waals surface area contributed by atoms with E-state index in [0.717, 1.165) is 41.8 Å². The van der Waals surface area contributed by atoms with Crippen molar-refractivity contribution in [3.05, 3.63) is 76.8 Å². The van der Waals surface area contributed by atoms with Crippen molar-refractivity contribution in [3.8, 4) is 0 Å².